The van der Waals surface area contributed by atoms with E-state index in [4.69, 9.17) is 9.47 Å². The number of nitrogens with zero attached hydrogens (tertiary/aromatic N) is 1. The molecule has 1 heterocycles. The molecule has 1 aromatic carbocycles. The summed E-state index contributed by atoms with van der Waals surface area (Å²) < 4.78 is 11.3. The second-order valence-electron chi connectivity index (χ2n) is 7.69. The summed E-state index contributed by atoms with van der Waals surface area (Å²) in [6, 6.07) is 10.5. The van der Waals surface area contributed by atoms with Crippen molar-refractivity contribution in [1.82, 2.24) is 4.90 Å². The molecular weight excluding hydrogens is 286 g/mol. The van der Waals surface area contributed by atoms with Crippen molar-refractivity contribution in [3.63, 3.8) is 0 Å². The Morgan fingerprint density at radius 2 is 1.87 bits per heavy atom. The van der Waals surface area contributed by atoms with Crippen LogP contribution < -0.4 is 0 Å². The lowest BCUT2D eigenvalue weighted by Gasteiger charge is -2.54. The van der Waals surface area contributed by atoms with Gasteiger partial charge in [-0.3, -0.25) is 4.90 Å². The van der Waals surface area contributed by atoms with Crippen LogP contribution in [0.5, 0.6) is 0 Å². The van der Waals surface area contributed by atoms with Gasteiger partial charge in [0.25, 0.3) is 0 Å². The van der Waals surface area contributed by atoms with Crippen molar-refractivity contribution >= 4 is 0 Å². The number of benzene rings is 1. The van der Waals surface area contributed by atoms with Gasteiger partial charge in [0.2, 0.25) is 0 Å². The van der Waals surface area contributed by atoms with Crippen LogP contribution in [0.3, 0.4) is 0 Å². The summed E-state index contributed by atoms with van der Waals surface area (Å²) in [7, 11) is 0. The third-order valence-electron chi connectivity index (χ3n) is 5.98. The molecule has 0 spiro atoms. The van der Waals surface area contributed by atoms with Crippen LogP contribution in [0.25, 0.3) is 0 Å². The van der Waals surface area contributed by atoms with Crippen LogP contribution in [-0.4, -0.2) is 44.4 Å². The average molecular weight is 317 g/mol. The van der Waals surface area contributed by atoms with Crippen molar-refractivity contribution < 1.29 is 9.47 Å². The van der Waals surface area contributed by atoms with Gasteiger partial charge in [-0.1, -0.05) is 44.2 Å². The summed E-state index contributed by atoms with van der Waals surface area (Å²) in [5, 5.41) is 0. The molecule has 1 saturated carbocycles. The van der Waals surface area contributed by atoms with E-state index in [0.29, 0.717) is 5.41 Å². The summed E-state index contributed by atoms with van der Waals surface area (Å²) in [6.07, 6.45) is 2.55. The van der Waals surface area contributed by atoms with Crippen LogP contribution in [0, 0.1) is 17.3 Å². The van der Waals surface area contributed by atoms with Crippen LogP contribution >= 0.6 is 0 Å². The van der Waals surface area contributed by atoms with Crippen molar-refractivity contribution in [2.24, 2.45) is 17.3 Å². The first-order valence-corrected chi connectivity index (χ1v) is 9.08. The topological polar surface area (TPSA) is 21.7 Å². The fourth-order valence-electron chi connectivity index (χ4n) is 4.01. The van der Waals surface area contributed by atoms with Gasteiger partial charge in [0.15, 0.2) is 0 Å². The molecule has 23 heavy (non-hydrogen) atoms. The normalized spacial score (nSPS) is 27.6. The highest BCUT2D eigenvalue weighted by atomic mass is 16.5. The third kappa shape index (κ3) is 4.34. The van der Waals surface area contributed by atoms with E-state index >= 15 is 0 Å². The second kappa shape index (κ2) is 7.78. The van der Waals surface area contributed by atoms with Crippen LogP contribution in [-0.2, 0) is 16.1 Å². The molecule has 2 aliphatic rings. The first kappa shape index (κ1) is 16.9. The Morgan fingerprint density at radius 3 is 2.57 bits per heavy atom. The van der Waals surface area contributed by atoms with E-state index in [0.717, 1.165) is 51.4 Å². The first-order chi connectivity index (χ1) is 11.2. The van der Waals surface area contributed by atoms with Gasteiger partial charge >= 0.3 is 0 Å². The lowest BCUT2D eigenvalue weighted by Crippen LogP contribution is -2.52. The number of ether oxygens (including phenoxy) is 2. The van der Waals surface area contributed by atoms with Gasteiger partial charge in [-0.15, -0.1) is 0 Å². The smallest absolute Gasteiger partial charge is 0.0716 e. The summed E-state index contributed by atoms with van der Waals surface area (Å²) >= 11 is 0. The Balaban J connectivity index is 1.35. The molecule has 0 radical (unpaired) electrons. The molecule has 0 amide bonds. The Bertz CT molecular complexity index is 468. The molecule has 0 aromatic heterocycles. The molecule has 128 valence electrons. The molecule has 0 bridgehead atoms. The van der Waals surface area contributed by atoms with Gasteiger partial charge in [0.05, 0.1) is 19.8 Å². The standard InChI is InChI=1S/C20H31NO2/c1-20(2)18(8-11-23-16-17-6-4-3-5-7-17)14-19(20)15-21-9-12-22-13-10-21/h3-7,18-19H,8-16H2,1-2H3/t18-,19-/m1/s1. The Labute approximate surface area is 141 Å². The summed E-state index contributed by atoms with van der Waals surface area (Å²) in [4.78, 5) is 2.58. The zero-order chi connectivity index (χ0) is 16.1. The first-order valence-electron chi connectivity index (χ1n) is 9.08. The molecule has 3 nitrogen and oxygen atoms in total. The summed E-state index contributed by atoms with van der Waals surface area (Å²) in [6.45, 7) is 11.8. The van der Waals surface area contributed by atoms with Crippen molar-refractivity contribution in [3.8, 4) is 0 Å². The number of morpholine rings is 1. The molecule has 0 N–H and O–H groups in total. The molecule has 1 aromatic rings. The number of hydrogen-bond donors (Lipinski definition) is 0. The SMILES string of the molecule is CC1(C)[C@H](CCOCc2ccccc2)C[C@@H]1CN1CCOCC1. The monoisotopic (exact) mass is 317 g/mol. The molecule has 3 heteroatoms. The zero-order valence-electron chi connectivity index (χ0n) is 14.7. The lowest BCUT2D eigenvalue weighted by atomic mass is 9.53. The molecule has 0 unspecified atom stereocenters. The van der Waals surface area contributed by atoms with E-state index in [1.165, 1.54) is 24.9 Å². The second-order valence-corrected chi connectivity index (χ2v) is 7.69. The molecule has 1 aliphatic heterocycles. The number of rotatable bonds is 7. The van der Waals surface area contributed by atoms with Crippen LogP contribution in [0.2, 0.25) is 0 Å². The molecule has 1 saturated heterocycles. The minimum Gasteiger partial charge on any atom is -0.379 e. The molecular formula is C20H31NO2. The van der Waals surface area contributed by atoms with Gasteiger partial charge in [0, 0.05) is 26.2 Å². The van der Waals surface area contributed by atoms with E-state index < -0.39 is 0 Å². The lowest BCUT2D eigenvalue weighted by molar-refractivity contribution is -0.0695. The van der Waals surface area contributed by atoms with Crippen molar-refractivity contribution in [3.05, 3.63) is 35.9 Å². The highest BCUT2D eigenvalue weighted by Gasteiger charge is 2.47. The van der Waals surface area contributed by atoms with Gasteiger partial charge in [-0.05, 0) is 35.7 Å². The van der Waals surface area contributed by atoms with Gasteiger partial charge < -0.3 is 9.47 Å². The summed E-state index contributed by atoms with van der Waals surface area (Å²) in [5.74, 6) is 1.64. The average Bonchev–Trinajstić information content (AvgIpc) is 2.58. The quantitative estimate of drug-likeness (QED) is 0.717. The predicted octanol–water partition coefficient (Wildman–Crippen LogP) is 3.59. The van der Waals surface area contributed by atoms with Crippen LogP contribution in [0.15, 0.2) is 30.3 Å². The van der Waals surface area contributed by atoms with Crippen molar-refractivity contribution in [2.75, 3.05) is 39.5 Å². The Morgan fingerprint density at radius 1 is 1.13 bits per heavy atom. The molecule has 2 fully saturated rings. The molecule has 2 atom stereocenters. The highest BCUT2D eigenvalue weighted by molar-refractivity contribution is 5.13. The van der Waals surface area contributed by atoms with Crippen molar-refractivity contribution in [1.29, 1.82) is 0 Å². The maximum Gasteiger partial charge on any atom is 0.0716 e. The molecule has 1 aliphatic carbocycles. The predicted molar refractivity (Wildman–Crippen MR) is 93.4 cm³/mol. The Kier molecular flexibility index (Phi) is 5.73. The minimum atomic E-state index is 0.453. The van der Waals surface area contributed by atoms with Gasteiger partial charge in [0.1, 0.15) is 0 Å². The van der Waals surface area contributed by atoms with E-state index in [9.17, 15) is 0 Å². The van der Waals surface area contributed by atoms with E-state index in [2.05, 4.69) is 49.1 Å². The van der Waals surface area contributed by atoms with Crippen LogP contribution in [0.1, 0.15) is 32.3 Å². The van der Waals surface area contributed by atoms with Gasteiger partial charge in [-0.25, -0.2) is 0 Å². The maximum absolute atomic E-state index is 5.88. The van der Waals surface area contributed by atoms with E-state index in [1.807, 2.05) is 0 Å². The highest BCUT2D eigenvalue weighted by Crippen LogP contribution is 2.53. The Hall–Kier alpha value is -0.900. The largest absolute Gasteiger partial charge is 0.379 e. The zero-order valence-corrected chi connectivity index (χ0v) is 14.7. The fourth-order valence-corrected chi connectivity index (χ4v) is 4.01. The summed E-state index contributed by atoms with van der Waals surface area (Å²) in [5.41, 5.74) is 1.72. The third-order valence-corrected chi connectivity index (χ3v) is 5.98. The van der Waals surface area contributed by atoms with E-state index in [-0.39, 0.29) is 0 Å². The molecule has 3 rings (SSSR count). The number of hydrogen-bond acceptors (Lipinski definition) is 3. The fraction of sp³-hybridized carbons (Fsp3) is 0.700. The maximum atomic E-state index is 5.88. The van der Waals surface area contributed by atoms with E-state index in [1.54, 1.807) is 0 Å². The van der Waals surface area contributed by atoms with Crippen molar-refractivity contribution in [2.45, 2.75) is 33.3 Å². The van der Waals surface area contributed by atoms with Crippen LogP contribution in [0.4, 0.5) is 0 Å². The van der Waals surface area contributed by atoms with Gasteiger partial charge in [-0.2, -0.15) is 0 Å². The minimum absolute atomic E-state index is 0.453.